The molecule has 0 spiro atoms. The van der Waals surface area contributed by atoms with E-state index in [4.69, 9.17) is 14.2 Å². The van der Waals surface area contributed by atoms with Crippen molar-refractivity contribution in [1.82, 2.24) is 0 Å². The summed E-state index contributed by atoms with van der Waals surface area (Å²) in [5, 5.41) is 0. The predicted octanol–water partition coefficient (Wildman–Crippen LogP) is 17.5. The van der Waals surface area contributed by atoms with E-state index in [1.54, 1.807) is 0 Å². The number of hydrogen-bond donors (Lipinski definition) is 0. The van der Waals surface area contributed by atoms with Gasteiger partial charge in [-0.3, -0.25) is 14.4 Å². The molecule has 0 rings (SSSR count). The molecule has 0 fully saturated rings. The van der Waals surface area contributed by atoms with Crippen LogP contribution in [-0.4, -0.2) is 23.9 Å². The van der Waals surface area contributed by atoms with Crippen molar-refractivity contribution in [3.8, 4) is 0 Å². The molecule has 0 aliphatic carbocycles. The largest absolute Gasteiger partial charge is 0.423 e. The van der Waals surface area contributed by atoms with Gasteiger partial charge in [-0.1, -0.05) is 259 Å². The van der Waals surface area contributed by atoms with Crippen LogP contribution < -0.4 is 0 Å². The summed E-state index contributed by atoms with van der Waals surface area (Å²) in [6, 6.07) is 0. The summed E-state index contributed by atoms with van der Waals surface area (Å²) in [6.07, 6.45) is 49.4. The van der Waals surface area contributed by atoms with Crippen LogP contribution in [0.5, 0.6) is 0 Å². The van der Waals surface area contributed by atoms with E-state index in [1.165, 1.54) is 193 Å². The third kappa shape index (κ3) is 39.8. The highest BCUT2D eigenvalue weighted by Crippen LogP contribution is 2.27. The second kappa shape index (κ2) is 44.9. The Kier molecular flexibility index (Phi) is 43.7. The Morgan fingerprint density at radius 1 is 0.259 bits per heavy atom. The van der Waals surface area contributed by atoms with Crippen LogP contribution in [0.25, 0.3) is 0 Å². The fraction of sp³-hybridized carbons (Fsp3) is 0.942. The number of unbranched alkanes of at least 4 members (excludes halogenated alkanes) is 36. The Balaban J connectivity index is 4.72. The maximum atomic E-state index is 13.2. The fourth-order valence-corrected chi connectivity index (χ4v) is 8.06. The maximum absolute atomic E-state index is 13.2. The lowest BCUT2D eigenvalue weighted by atomic mass is 10.0. The minimum atomic E-state index is -1.97. The zero-order chi connectivity index (χ0) is 42.5. The molecule has 0 aromatic carbocycles. The smallest absolute Gasteiger partial charge is 0.388 e. The topological polar surface area (TPSA) is 78.9 Å². The van der Waals surface area contributed by atoms with Gasteiger partial charge in [0.2, 0.25) is 0 Å². The van der Waals surface area contributed by atoms with E-state index in [-0.39, 0.29) is 25.7 Å². The average molecular weight is 821 g/mol. The molecule has 6 nitrogen and oxygen atoms in total. The van der Waals surface area contributed by atoms with E-state index in [1.807, 2.05) is 6.92 Å². The molecular weight excluding hydrogens is 721 g/mol. The van der Waals surface area contributed by atoms with Crippen LogP contribution >= 0.6 is 0 Å². The molecule has 0 aromatic rings. The molecule has 0 saturated heterocycles. The van der Waals surface area contributed by atoms with Gasteiger partial charge in [0, 0.05) is 19.3 Å². The van der Waals surface area contributed by atoms with Crippen LogP contribution in [0.1, 0.15) is 310 Å². The molecule has 0 radical (unpaired) electrons. The Morgan fingerprint density at radius 2 is 0.431 bits per heavy atom. The van der Waals surface area contributed by atoms with Gasteiger partial charge in [-0.05, 0) is 25.7 Å². The first-order valence-corrected chi connectivity index (χ1v) is 26.1. The standard InChI is InChI=1S/C52H100O6/c1-5-9-12-15-18-21-24-27-30-33-36-39-42-45-49(53)56-52(48-8-4,57-50(54)46-43-40-37-34-31-28-25-22-19-16-13-10-6-2)58-51(55)47-44-41-38-35-32-29-26-23-20-17-14-11-7-3/h5-48H2,1-4H3. The van der Waals surface area contributed by atoms with Crippen LogP contribution in [0.2, 0.25) is 0 Å². The van der Waals surface area contributed by atoms with E-state index in [2.05, 4.69) is 20.8 Å². The lowest BCUT2D eigenvalue weighted by Gasteiger charge is -2.31. The van der Waals surface area contributed by atoms with Crippen molar-refractivity contribution >= 4 is 17.9 Å². The van der Waals surface area contributed by atoms with Gasteiger partial charge in [0.25, 0.3) is 0 Å². The lowest BCUT2D eigenvalue weighted by Crippen LogP contribution is -2.44. The number of carbonyl (C=O) groups is 3. The van der Waals surface area contributed by atoms with Crippen LogP contribution in [0.4, 0.5) is 0 Å². The van der Waals surface area contributed by atoms with Gasteiger partial charge < -0.3 is 14.2 Å². The molecule has 6 heteroatoms. The minimum absolute atomic E-state index is 0.145. The van der Waals surface area contributed by atoms with Crippen LogP contribution in [0, 0.1) is 0 Å². The summed E-state index contributed by atoms with van der Waals surface area (Å²) in [7, 11) is 0. The molecule has 0 aromatic heterocycles. The van der Waals surface area contributed by atoms with Crippen molar-refractivity contribution in [3.05, 3.63) is 0 Å². The highest BCUT2D eigenvalue weighted by Gasteiger charge is 2.42. The van der Waals surface area contributed by atoms with Gasteiger partial charge in [0.05, 0.1) is 6.42 Å². The number of carbonyl (C=O) groups excluding carboxylic acids is 3. The molecule has 0 atom stereocenters. The molecule has 0 amide bonds. The first-order chi connectivity index (χ1) is 28.4. The quantitative estimate of drug-likeness (QED) is 0.0346. The number of esters is 3. The molecule has 0 unspecified atom stereocenters. The van der Waals surface area contributed by atoms with E-state index in [0.717, 1.165) is 57.8 Å². The van der Waals surface area contributed by atoms with Crippen molar-refractivity contribution in [1.29, 1.82) is 0 Å². The molecule has 0 heterocycles. The van der Waals surface area contributed by atoms with Crippen molar-refractivity contribution in [2.45, 2.75) is 316 Å². The summed E-state index contributed by atoms with van der Waals surface area (Å²) in [5.74, 6) is -3.35. The Hall–Kier alpha value is -1.59. The molecule has 0 aliphatic heterocycles. The maximum Gasteiger partial charge on any atom is 0.423 e. The van der Waals surface area contributed by atoms with Gasteiger partial charge in [0.15, 0.2) is 0 Å². The van der Waals surface area contributed by atoms with Crippen molar-refractivity contribution < 1.29 is 28.6 Å². The zero-order valence-electron chi connectivity index (χ0n) is 39.6. The van der Waals surface area contributed by atoms with Gasteiger partial charge in [-0.2, -0.15) is 0 Å². The molecular formula is C52H100O6. The third-order valence-corrected chi connectivity index (χ3v) is 11.8. The van der Waals surface area contributed by atoms with Gasteiger partial charge in [-0.15, -0.1) is 0 Å². The van der Waals surface area contributed by atoms with Crippen molar-refractivity contribution in [2.75, 3.05) is 0 Å². The van der Waals surface area contributed by atoms with Gasteiger partial charge in [-0.25, -0.2) is 0 Å². The second-order valence-corrected chi connectivity index (χ2v) is 17.8. The summed E-state index contributed by atoms with van der Waals surface area (Å²) in [6.45, 7) is 8.72. The number of hydrogen-bond acceptors (Lipinski definition) is 6. The van der Waals surface area contributed by atoms with Gasteiger partial charge in [0.1, 0.15) is 0 Å². The first kappa shape index (κ1) is 56.4. The Bertz CT molecular complexity index is 780. The number of ether oxygens (including phenoxy) is 3. The summed E-state index contributed by atoms with van der Waals surface area (Å²) in [4.78, 5) is 39.5. The zero-order valence-corrected chi connectivity index (χ0v) is 39.6. The van der Waals surface area contributed by atoms with Crippen LogP contribution in [0.3, 0.4) is 0 Å². The van der Waals surface area contributed by atoms with E-state index >= 15 is 0 Å². The molecule has 0 aliphatic rings. The second-order valence-electron chi connectivity index (χ2n) is 17.8. The fourth-order valence-electron chi connectivity index (χ4n) is 8.06. The van der Waals surface area contributed by atoms with Crippen LogP contribution in [0.15, 0.2) is 0 Å². The monoisotopic (exact) mass is 821 g/mol. The normalized spacial score (nSPS) is 11.6. The van der Waals surface area contributed by atoms with Crippen molar-refractivity contribution in [2.24, 2.45) is 0 Å². The summed E-state index contributed by atoms with van der Waals surface area (Å²) >= 11 is 0. The Morgan fingerprint density at radius 3 is 0.603 bits per heavy atom. The Labute approximate surface area is 361 Å². The number of rotatable bonds is 47. The third-order valence-electron chi connectivity index (χ3n) is 11.8. The molecule has 0 bridgehead atoms. The SMILES string of the molecule is CCCCCCCCCCCCCCCC(=O)OC(CCC)(OC(=O)CCCCCCCCCCCCCCC)OC(=O)CCCCCCCCCCCCCCC. The molecule has 0 saturated carbocycles. The predicted molar refractivity (Wildman–Crippen MR) is 247 cm³/mol. The van der Waals surface area contributed by atoms with Crippen LogP contribution in [-0.2, 0) is 28.6 Å². The van der Waals surface area contributed by atoms with Crippen molar-refractivity contribution in [3.63, 3.8) is 0 Å². The molecule has 58 heavy (non-hydrogen) atoms. The highest BCUT2D eigenvalue weighted by atomic mass is 16.9. The van der Waals surface area contributed by atoms with Gasteiger partial charge >= 0.3 is 23.9 Å². The molecule has 0 N–H and O–H groups in total. The van der Waals surface area contributed by atoms with E-state index in [0.29, 0.717) is 6.42 Å². The van der Waals surface area contributed by atoms with E-state index < -0.39 is 23.9 Å². The summed E-state index contributed by atoms with van der Waals surface area (Å²) in [5.41, 5.74) is 0. The molecule has 344 valence electrons. The van der Waals surface area contributed by atoms with E-state index in [9.17, 15) is 14.4 Å². The lowest BCUT2D eigenvalue weighted by molar-refractivity contribution is -0.333. The first-order valence-electron chi connectivity index (χ1n) is 26.1. The average Bonchev–Trinajstić information content (AvgIpc) is 3.20. The summed E-state index contributed by atoms with van der Waals surface area (Å²) < 4.78 is 17.5. The highest BCUT2D eigenvalue weighted by molar-refractivity contribution is 5.74. The minimum Gasteiger partial charge on any atom is -0.388 e.